The highest BCUT2D eigenvalue weighted by atomic mass is 16.3. The van der Waals surface area contributed by atoms with E-state index in [0.29, 0.717) is 5.57 Å². The van der Waals surface area contributed by atoms with E-state index < -0.39 is 5.60 Å². The van der Waals surface area contributed by atoms with Crippen molar-refractivity contribution >= 4 is 0 Å². The van der Waals surface area contributed by atoms with E-state index in [9.17, 15) is 5.11 Å². The lowest BCUT2D eigenvalue weighted by atomic mass is 9.99. The van der Waals surface area contributed by atoms with Crippen LogP contribution in [-0.4, -0.2) is 17.8 Å². The van der Waals surface area contributed by atoms with E-state index in [4.69, 9.17) is 11.5 Å². The molecule has 0 aromatic rings. The van der Waals surface area contributed by atoms with Gasteiger partial charge in [-0.15, -0.1) is 0 Å². The molecule has 4 nitrogen and oxygen atoms in total. The third-order valence-corrected chi connectivity index (χ3v) is 1.33. The van der Waals surface area contributed by atoms with E-state index in [2.05, 4.69) is 5.32 Å². The highest BCUT2D eigenvalue weighted by Gasteiger charge is 2.16. The lowest BCUT2D eigenvalue weighted by Crippen LogP contribution is -2.24. The molecule has 0 fully saturated rings. The van der Waals surface area contributed by atoms with Gasteiger partial charge in [0.1, 0.15) is 0 Å². The first-order valence-electron chi connectivity index (χ1n) is 3.71. The first-order chi connectivity index (χ1) is 5.38. The SMILES string of the molecule is CNC=C(C=C(N)N)C(C)(C)O. The first-order valence-corrected chi connectivity index (χ1v) is 3.71. The number of hydrogen-bond donors (Lipinski definition) is 4. The van der Waals surface area contributed by atoms with Crippen LogP contribution in [0.5, 0.6) is 0 Å². The molecule has 0 unspecified atom stereocenters. The minimum Gasteiger partial charge on any atom is -0.394 e. The smallest absolute Gasteiger partial charge is 0.0937 e. The van der Waals surface area contributed by atoms with E-state index in [1.54, 1.807) is 27.1 Å². The van der Waals surface area contributed by atoms with Gasteiger partial charge < -0.3 is 21.9 Å². The summed E-state index contributed by atoms with van der Waals surface area (Å²) in [6, 6.07) is 0. The summed E-state index contributed by atoms with van der Waals surface area (Å²) in [5.74, 6) is 0.179. The quantitative estimate of drug-likeness (QED) is 0.436. The largest absolute Gasteiger partial charge is 0.394 e. The van der Waals surface area contributed by atoms with E-state index in [-0.39, 0.29) is 5.82 Å². The van der Waals surface area contributed by atoms with Crippen LogP contribution in [0.3, 0.4) is 0 Å². The topological polar surface area (TPSA) is 84.3 Å². The molecule has 0 bridgehead atoms. The third-order valence-electron chi connectivity index (χ3n) is 1.33. The summed E-state index contributed by atoms with van der Waals surface area (Å²) in [5, 5.41) is 12.4. The normalized spacial score (nSPS) is 12.5. The Morgan fingerprint density at radius 1 is 1.42 bits per heavy atom. The van der Waals surface area contributed by atoms with Gasteiger partial charge in [-0.25, -0.2) is 0 Å². The highest BCUT2D eigenvalue weighted by molar-refractivity contribution is 5.28. The maximum atomic E-state index is 9.59. The van der Waals surface area contributed by atoms with Gasteiger partial charge >= 0.3 is 0 Å². The fourth-order valence-corrected chi connectivity index (χ4v) is 0.730. The molecule has 0 aromatic carbocycles. The molecule has 0 aliphatic carbocycles. The molecule has 0 aliphatic rings. The van der Waals surface area contributed by atoms with E-state index >= 15 is 0 Å². The predicted molar refractivity (Wildman–Crippen MR) is 49.9 cm³/mol. The van der Waals surface area contributed by atoms with Crippen molar-refractivity contribution in [3.8, 4) is 0 Å². The number of rotatable bonds is 3. The lowest BCUT2D eigenvalue weighted by molar-refractivity contribution is 0.123. The minimum atomic E-state index is -0.938. The van der Waals surface area contributed by atoms with Crippen molar-refractivity contribution in [1.82, 2.24) is 5.32 Å². The molecule has 12 heavy (non-hydrogen) atoms. The van der Waals surface area contributed by atoms with Crippen LogP contribution >= 0.6 is 0 Å². The molecule has 0 spiro atoms. The summed E-state index contributed by atoms with van der Waals surface area (Å²) < 4.78 is 0. The second-order valence-corrected chi connectivity index (χ2v) is 3.09. The van der Waals surface area contributed by atoms with Crippen molar-refractivity contribution in [2.24, 2.45) is 11.5 Å². The Balaban J connectivity index is 4.70. The van der Waals surface area contributed by atoms with Crippen LogP contribution in [0.25, 0.3) is 0 Å². The fraction of sp³-hybridized carbons (Fsp3) is 0.500. The summed E-state index contributed by atoms with van der Waals surface area (Å²) >= 11 is 0. The lowest BCUT2D eigenvalue weighted by Gasteiger charge is -2.19. The van der Waals surface area contributed by atoms with Gasteiger partial charge in [0, 0.05) is 18.8 Å². The van der Waals surface area contributed by atoms with Crippen LogP contribution in [0.1, 0.15) is 13.8 Å². The summed E-state index contributed by atoms with van der Waals surface area (Å²) in [5.41, 5.74) is 10.3. The van der Waals surface area contributed by atoms with Gasteiger partial charge in [-0.3, -0.25) is 0 Å². The molecule has 0 amide bonds. The van der Waals surface area contributed by atoms with Crippen LogP contribution in [0.15, 0.2) is 23.7 Å². The zero-order valence-corrected chi connectivity index (χ0v) is 7.76. The Labute approximate surface area is 72.9 Å². The molecule has 6 N–H and O–H groups in total. The van der Waals surface area contributed by atoms with Crippen LogP contribution in [-0.2, 0) is 0 Å². The molecule has 0 atom stereocenters. The van der Waals surface area contributed by atoms with Crippen molar-refractivity contribution in [2.75, 3.05) is 7.05 Å². The van der Waals surface area contributed by atoms with Crippen molar-refractivity contribution in [1.29, 1.82) is 0 Å². The molecule has 0 saturated carbocycles. The molecular weight excluding hydrogens is 154 g/mol. The second-order valence-electron chi connectivity index (χ2n) is 3.09. The molecule has 0 radical (unpaired) electrons. The van der Waals surface area contributed by atoms with Crippen LogP contribution in [0.4, 0.5) is 0 Å². The maximum absolute atomic E-state index is 9.59. The molecule has 70 valence electrons. The maximum Gasteiger partial charge on any atom is 0.0937 e. The Hall–Kier alpha value is -1.16. The van der Waals surface area contributed by atoms with Gasteiger partial charge in [0.05, 0.1) is 11.4 Å². The van der Waals surface area contributed by atoms with Gasteiger partial charge in [0.2, 0.25) is 0 Å². The summed E-state index contributed by atoms with van der Waals surface area (Å²) in [4.78, 5) is 0. The predicted octanol–water partition coefficient (Wildman–Crippen LogP) is -0.381. The number of aliphatic hydroxyl groups is 1. The van der Waals surface area contributed by atoms with Gasteiger partial charge in [-0.05, 0) is 19.9 Å². The number of nitrogens with one attached hydrogen (secondary N) is 1. The fourth-order valence-electron chi connectivity index (χ4n) is 0.730. The highest BCUT2D eigenvalue weighted by Crippen LogP contribution is 2.15. The minimum absolute atomic E-state index is 0.179. The Bertz CT molecular complexity index is 197. The molecule has 0 aromatic heterocycles. The van der Waals surface area contributed by atoms with Crippen LogP contribution in [0.2, 0.25) is 0 Å². The first kappa shape index (κ1) is 10.8. The van der Waals surface area contributed by atoms with Crippen molar-refractivity contribution in [2.45, 2.75) is 19.4 Å². The van der Waals surface area contributed by atoms with Crippen molar-refractivity contribution in [3.05, 3.63) is 23.7 Å². The average Bonchev–Trinajstić information content (AvgIpc) is 1.83. The van der Waals surface area contributed by atoms with Gasteiger partial charge in [0.15, 0.2) is 0 Å². The third kappa shape index (κ3) is 3.88. The van der Waals surface area contributed by atoms with Crippen molar-refractivity contribution < 1.29 is 5.11 Å². The standard InChI is InChI=1S/C8H17N3O/c1-8(2,12)6(5-11-3)4-7(9)10/h4-5,11-12H,9-10H2,1-3H3. The average molecular weight is 171 g/mol. The molecular formula is C8H17N3O. The summed E-state index contributed by atoms with van der Waals surface area (Å²) in [6.07, 6.45) is 3.18. The molecule has 0 rings (SSSR count). The molecule has 4 heteroatoms. The second kappa shape index (κ2) is 4.01. The van der Waals surface area contributed by atoms with Gasteiger partial charge in [-0.1, -0.05) is 0 Å². The Morgan fingerprint density at radius 3 is 2.17 bits per heavy atom. The zero-order chi connectivity index (χ0) is 9.78. The van der Waals surface area contributed by atoms with E-state index in [1.165, 1.54) is 6.08 Å². The number of hydrogen-bond acceptors (Lipinski definition) is 4. The molecule has 0 heterocycles. The monoisotopic (exact) mass is 171 g/mol. The van der Waals surface area contributed by atoms with E-state index in [1.807, 2.05) is 0 Å². The van der Waals surface area contributed by atoms with E-state index in [0.717, 1.165) is 0 Å². The van der Waals surface area contributed by atoms with Gasteiger partial charge in [0.25, 0.3) is 0 Å². The van der Waals surface area contributed by atoms with Gasteiger partial charge in [-0.2, -0.15) is 0 Å². The molecule has 0 aliphatic heterocycles. The summed E-state index contributed by atoms with van der Waals surface area (Å²) in [7, 11) is 1.74. The number of nitrogens with two attached hydrogens (primary N) is 2. The van der Waals surface area contributed by atoms with Crippen LogP contribution in [0, 0.1) is 0 Å². The summed E-state index contributed by atoms with van der Waals surface area (Å²) in [6.45, 7) is 3.32. The Morgan fingerprint density at radius 2 is 1.92 bits per heavy atom. The zero-order valence-electron chi connectivity index (χ0n) is 7.76. The van der Waals surface area contributed by atoms with Crippen LogP contribution < -0.4 is 16.8 Å². The molecule has 0 saturated heterocycles. The van der Waals surface area contributed by atoms with Crippen molar-refractivity contribution in [3.63, 3.8) is 0 Å². The Kier molecular flexibility index (Phi) is 3.63.